The molecule has 1 N–H and O–H groups in total. The van der Waals surface area contributed by atoms with E-state index in [0.29, 0.717) is 31.0 Å². The standard InChI is InChI=1S/C27H37ClN2O2/c1-6-7-18-29-26(32)20(2)30(19-22-10-15-24(28)16-11-22)25(31)17-12-21-8-13-23(14-9-21)27(3,4)5/h8-11,13-16,20H,6-7,12,17-19H2,1-5H3,(H,29,32). The van der Waals surface area contributed by atoms with Gasteiger partial charge in [0.2, 0.25) is 11.8 Å². The second-order valence-electron chi connectivity index (χ2n) is 9.42. The summed E-state index contributed by atoms with van der Waals surface area (Å²) in [5, 5.41) is 3.60. The van der Waals surface area contributed by atoms with Gasteiger partial charge >= 0.3 is 0 Å². The minimum atomic E-state index is -0.543. The number of amides is 2. The predicted molar refractivity (Wildman–Crippen MR) is 133 cm³/mol. The van der Waals surface area contributed by atoms with Gasteiger partial charge in [0.15, 0.2) is 0 Å². The average molecular weight is 457 g/mol. The van der Waals surface area contributed by atoms with Crippen molar-refractivity contribution < 1.29 is 9.59 Å². The summed E-state index contributed by atoms with van der Waals surface area (Å²) in [5.41, 5.74) is 3.45. The van der Waals surface area contributed by atoms with Crippen molar-refractivity contribution in [3.63, 3.8) is 0 Å². The molecule has 1 unspecified atom stereocenters. The molecule has 0 fully saturated rings. The molecule has 2 rings (SSSR count). The van der Waals surface area contributed by atoms with Crippen molar-refractivity contribution in [3.05, 3.63) is 70.2 Å². The van der Waals surface area contributed by atoms with Gasteiger partial charge < -0.3 is 10.2 Å². The molecule has 0 aliphatic rings. The van der Waals surface area contributed by atoms with E-state index >= 15 is 0 Å². The Morgan fingerprint density at radius 2 is 1.59 bits per heavy atom. The number of unbranched alkanes of at least 4 members (excludes halogenated alkanes) is 1. The first-order valence-corrected chi connectivity index (χ1v) is 11.9. The molecule has 4 nitrogen and oxygen atoms in total. The zero-order valence-corrected chi connectivity index (χ0v) is 20.8. The van der Waals surface area contributed by atoms with Crippen LogP contribution in [0.25, 0.3) is 0 Å². The summed E-state index contributed by atoms with van der Waals surface area (Å²) in [6, 6.07) is 15.3. The third-order valence-corrected chi connectivity index (χ3v) is 5.96. The molecule has 5 heteroatoms. The van der Waals surface area contributed by atoms with Crippen molar-refractivity contribution in [2.24, 2.45) is 0 Å². The van der Waals surface area contributed by atoms with Gasteiger partial charge in [0.25, 0.3) is 0 Å². The van der Waals surface area contributed by atoms with Gasteiger partial charge in [0.05, 0.1) is 0 Å². The van der Waals surface area contributed by atoms with E-state index in [1.807, 2.05) is 24.3 Å². The van der Waals surface area contributed by atoms with Crippen molar-refractivity contribution >= 4 is 23.4 Å². The first-order valence-electron chi connectivity index (χ1n) is 11.5. The number of carbonyl (C=O) groups is 2. The second-order valence-corrected chi connectivity index (χ2v) is 9.85. The number of hydrogen-bond acceptors (Lipinski definition) is 2. The summed E-state index contributed by atoms with van der Waals surface area (Å²) in [5.74, 6) is -0.145. The van der Waals surface area contributed by atoms with Crippen LogP contribution >= 0.6 is 11.6 Å². The van der Waals surface area contributed by atoms with Gasteiger partial charge in [-0.1, -0.05) is 82.1 Å². The molecule has 2 aromatic carbocycles. The molecule has 2 aromatic rings. The molecular formula is C27H37ClN2O2. The van der Waals surface area contributed by atoms with Crippen LogP contribution in [0, 0.1) is 0 Å². The summed E-state index contributed by atoms with van der Waals surface area (Å²) < 4.78 is 0. The molecule has 0 saturated heterocycles. The van der Waals surface area contributed by atoms with Crippen molar-refractivity contribution in [1.29, 1.82) is 0 Å². The van der Waals surface area contributed by atoms with Crippen molar-refractivity contribution in [2.75, 3.05) is 6.54 Å². The van der Waals surface area contributed by atoms with Crippen LogP contribution in [0.1, 0.15) is 70.6 Å². The Bertz CT molecular complexity index is 870. The van der Waals surface area contributed by atoms with Gasteiger partial charge in [0.1, 0.15) is 6.04 Å². The first kappa shape index (κ1) is 25.9. The molecule has 0 bridgehead atoms. The van der Waals surface area contributed by atoms with E-state index in [2.05, 4.69) is 57.3 Å². The van der Waals surface area contributed by atoms with Crippen LogP contribution in [0.4, 0.5) is 0 Å². The molecule has 0 aliphatic heterocycles. The Labute approximate surface area is 198 Å². The Morgan fingerprint density at radius 1 is 1.00 bits per heavy atom. The number of nitrogens with zero attached hydrogens (tertiary/aromatic N) is 1. The number of rotatable bonds is 10. The predicted octanol–water partition coefficient (Wildman–Crippen LogP) is 5.90. The van der Waals surface area contributed by atoms with Gasteiger partial charge in [-0.15, -0.1) is 0 Å². The summed E-state index contributed by atoms with van der Waals surface area (Å²) in [4.78, 5) is 27.6. The molecule has 174 valence electrons. The van der Waals surface area contributed by atoms with Crippen molar-refractivity contribution in [2.45, 2.75) is 78.3 Å². The molecule has 0 spiro atoms. The molecule has 0 saturated carbocycles. The first-order chi connectivity index (χ1) is 15.1. The average Bonchev–Trinajstić information content (AvgIpc) is 2.76. The second kappa shape index (κ2) is 12.1. The maximum absolute atomic E-state index is 13.2. The minimum Gasteiger partial charge on any atom is -0.354 e. The molecule has 0 heterocycles. The summed E-state index contributed by atoms with van der Waals surface area (Å²) in [6.07, 6.45) is 2.93. The van der Waals surface area contributed by atoms with Crippen LogP contribution < -0.4 is 5.32 Å². The van der Waals surface area contributed by atoms with Crippen LogP contribution in [0.15, 0.2) is 48.5 Å². The molecule has 0 aromatic heterocycles. The van der Waals surface area contributed by atoms with E-state index in [-0.39, 0.29) is 17.2 Å². The Hall–Kier alpha value is -2.33. The number of aryl methyl sites for hydroxylation is 1. The van der Waals surface area contributed by atoms with Gasteiger partial charge in [-0.3, -0.25) is 9.59 Å². The van der Waals surface area contributed by atoms with E-state index < -0.39 is 6.04 Å². The van der Waals surface area contributed by atoms with Crippen LogP contribution in [0.3, 0.4) is 0 Å². The van der Waals surface area contributed by atoms with E-state index in [1.165, 1.54) is 5.56 Å². The normalized spacial score (nSPS) is 12.3. The monoisotopic (exact) mass is 456 g/mol. The molecule has 0 radical (unpaired) electrons. The molecule has 0 aliphatic carbocycles. The van der Waals surface area contributed by atoms with Crippen LogP contribution in [-0.2, 0) is 28.0 Å². The SMILES string of the molecule is CCCCNC(=O)C(C)N(Cc1ccc(Cl)cc1)C(=O)CCc1ccc(C(C)(C)C)cc1. The van der Waals surface area contributed by atoms with Gasteiger partial charge in [-0.05, 0) is 54.0 Å². The lowest BCUT2D eigenvalue weighted by Crippen LogP contribution is -2.47. The zero-order chi connectivity index (χ0) is 23.7. The number of hydrogen-bond donors (Lipinski definition) is 1. The topological polar surface area (TPSA) is 49.4 Å². The Morgan fingerprint density at radius 3 is 2.16 bits per heavy atom. The smallest absolute Gasteiger partial charge is 0.242 e. The fraction of sp³-hybridized carbons (Fsp3) is 0.481. The largest absolute Gasteiger partial charge is 0.354 e. The molecule has 32 heavy (non-hydrogen) atoms. The highest BCUT2D eigenvalue weighted by molar-refractivity contribution is 6.30. The minimum absolute atomic E-state index is 0.0296. The third kappa shape index (κ3) is 7.98. The van der Waals surface area contributed by atoms with E-state index in [1.54, 1.807) is 11.8 Å². The summed E-state index contributed by atoms with van der Waals surface area (Å²) in [7, 11) is 0. The lowest BCUT2D eigenvalue weighted by Gasteiger charge is -2.29. The van der Waals surface area contributed by atoms with E-state index in [9.17, 15) is 9.59 Å². The Kier molecular flexibility index (Phi) is 9.77. The van der Waals surface area contributed by atoms with E-state index in [4.69, 9.17) is 11.6 Å². The highest BCUT2D eigenvalue weighted by Gasteiger charge is 2.25. The number of carbonyl (C=O) groups excluding carboxylic acids is 2. The fourth-order valence-electron chi connectivity index (χ4n) is 3.47. The van der Waals surface area contributed by atoms with Gasteiger partial charge in [-0.25, -0.2) is 0 Å². The summed E-state index contributed by atoms with van der Waals surface area (Å²) in [6.45, 7) is 11.4. The number of halogens is 1. The highest BCUT2D eigenvalue weighted by Crippen LogP contribution is 2.23. The lowest BCUT2D eigenvalue weighted by atomic mass is 9.86. The molecular weight excluding hydrogens is 420 g/mol. The zero-order valence-electron chi connectivity index (χ0n) is 20.1. The Balaban J connectivity index is 2.09. The summed E-state index contributed by atoms with van der Waals surface area (Å²) >= 11 is 6.01. The molecule has 2 amide bonds. The maximum atomic E-state index is 13.2. The van der Waals surface area contributed by atoms with Crippen molar-refractivity contribution in [3.8, 4) is 0 Å². The quantitative estimate of drug-likeness (QED) is 0.452. The fourth-order valence-corrected chi connectivity index (χ4v) is 3.60. The maximum Gasteiger partial charge on any atom is 0.242 e. The van der Waals surface area contributed by atoms with Crippen LogP contribution in [0.2, 0.25) is 5.02 Å². The number of benzene rings is 2. The van der Waals surface area contributed by atoms with E-state index in [0.717, 1.165) is 24.0 Å². The van der Waals surface area contributed by atoms with Crippen LogP contribution in [-0.4, -0.2) is 29.3 Å². The van der Waals surface area contributed by atoms with Crippen LogP contribution in [0.5, 0.6) is 0 Å². The molecule has 1 atom stereocenters. The lowest BCUT2D eigenvalue weighted by molar-refractivity contribution is -0.140. The third-order valence-electron chi connectivity index (χ3n) is 5.71. The highest BCUT2D eigenvalue weighted by atomic mass is 35.5. The van der Waals surface area contributed by atoms with Crippen molar-refractivity contribution in [1.82, 2.24) is 10.2 Å². The van der Waals surface area contributed by atoms with Gasteiger partial charge in [-0.2, -0.15) is 0 Å². The number of nitrogens with one attached hydrogen (secondary N) is 1. The van der Waals surface area contributed by atoms with Gasteiger partial charge in [0, 0.05) is 24.5 Å².